The number of hydrogen-bond acceptors (Lipinski definition) is 2. The van der Waals surface area contributed by atoms with Crippen LogP contribution in [0.4, 0.5) is 0 Å². The quantitative estimate of drug-likeness (QED) is 0.543. The van der Waals surface area contributed by atoms with Crippen LogP contribution in [0.5, 0.6) is 0 Å². The topological polar surface area (TPSA) is 37.3 Å². The van der Waals surface area contributed by atoms with Crippen LogP contribution in [0.3, 0.4) is 0 Å². The minimum atomic E-state index is -0.833. The number of carbonyl (C=O) groups is 1. The Balaban J connectivity index is 0. The molecular formula is C18H34O2SSi. The highest BCUT2D eigenvalue weighted by atomic mass is 32.2. The molecule has 0 saturated carbocycles. The molecule has 0 aliphatic carbocycles. The molecule has 1 rings (SSSR count). The number of carboxylic acid groups (broad SMARTS) is 1. The van der Waals surface area contributed by atoms with Crippen LogP contribution in [0.1, 0.15) is 48.5 Å². The predicted molar refractivity (Wildman–Crippen MR) is 104 cm³/mol. The molecule has 0 aromatic heterocycles. The molecule has 0 atom stereocenters. The zero-order valence-electron chi connectivity index (χ0n) is 15.5. The van der Waals surface area contributed by atoms with Gasteiger partial charge in [-0.15, -0.1) is 11.8 Å². The van der Waals surface area contributed by atoms with Gasteiger partial charge in [-0.2, -0.15) is 0 Å². The summed E-state index contributed by atoms with van der Waals surface area (Å²) in [5, 5.41) is 7.42. The van der Waals surface area contributed by atoms with E-state index in [1.165, 1.54) is 4.90 Å². The van der Waals surface area contributed by atoms with Crippen molar-refractivity contribution in [2.75, 3.05) is 6.26 Å². The standard InChI is InChI=1S/C9H22Si.C7H8S.C2H4O2/c1-7(2)10(8(3)4)9(5)6;1-8-7-5-3-2-4-6-7;1-2(3)4/h7-10H,1-6H3;2-6H,1H3;1H3,(H,3,4). The Kier molecular flexibility index (Phi) is 14.8. The van der Waals surface area contributed by atoms with E-state index in [9.17, 15) is 0 Å². The summed E-state index contributed by atoms with van der Waals surface area (Å²) in [6.45, 7) is 15.4. The molecule has 1 aromatic carbocycles. The highest BCUT2D eigenvalue weighted by Gasteiger charge is 2.22. The van der Waals surface area contributed by atoms with Gasteiger partial charge in [-0.05, 0) is 18.4 Å². The lowest BCUT2D eigenvalue weighted by Crippen LogP contribution is -2.24. The molecule has 22 heavy (non-hydrogen) atoms. The van der Waals surface area contributed by atoms with Gasteiger partial charge in [0.25, 0.3) is 5.97 Å². The van der Waals surface area contributed by atoms with Crippen molar-refractivity contribution in [1.82, 2.24) is 0 Å². The molecule has 128 valence electrons. The van der Waals surface area contributed by atoms with Gasteiger partial charge in [-0.25, -0.2) is 0 Å². The normalized spacial score (nSPS) is 10.2. The predicted octanol–water partition coefficient (Wildman–Crippen LogP) is 5.94. The highest BCUT2D eigenvalue weighted by molar-refractivity contribution is 7.98. The van der Waals surface area contributed by atoms with Crippen LogP contribution in [0.2, 0.25) is 16.6 Å². The van der Waals surface area contributed by atoms with E-state index in [-0.39, 0.29) is 0 Å². The third-order valence-corrected chi connectivity index (χ3v) is 8.65. The SMILES string of the molecule is CC(=O)O.CC(C)[SiH](C(C)C)C(C)C.CSc1ccccc1. The second-order valence-electron chi connectivity index (χ2n) is 6.35. The van der Waals surface area contributed by atoms with Gasteiger partial charge < -0.3 is 5.11 Å². The van der Waals surface area contributed by atoms with Gasteiger partial charge in [0.15, 0.2) is 0 Å². The number of carboxylic acids is 1. The summed E-state index contributed by atoms with van der Waals surface area (Å²) in [6.07, 6.45) is 2.08. The summed E-state index contributed by atoms with van der Waals surface area (Å²) < 4.78 is 0. The number of rotatable bonds is 4. The molecule has 4 heteroatoms. The zero-order valence-corrected chi connectivity index (χ0v) is 17.4. The van der Waals surface area contributed by atoms with Crippen molar-refractivity contribution in [2.24, 2.45) is 0 Å². The fourth-order valence-electron chi connectivity index (χ4n) is 2.87. The third kappa shape index (κ3) is 14.2. The first kappa shape index (κ1) is 23.5. The van der Waals surface area contributed by atoms with Crippen molar-refractivity contribution in [2.45, 2.75) is 70.0 Å². The van der Waals surface area contributed by atoms with Gasteiger partial charge in [0, 0.05) is 20.6 Å². The summed E-state index contributed by atoms with van der Waals surface area (Å²) in [6, 6.07) is 10.3. The van der Waals surface area contributed by atoms with E-state index in [1.54, 1.807) is 11.8 Å². The average Bonchev–Trinajstić information content (AvgIpc) is 2.38. The van der Waals surface area contributed by atoms with Crippen molar-refractivity contribution in [3.63, 3.8) is 0 Å². The van der Waals surface area contributed by atoms with Crippen molar-refractivity contribution in [3.05, 3.63) is 30.3 Å². The van der Waals surface area contributed by atoms with E-state index >= 15 is 0 Å². The van der Waals surface area contributed by atoms with Crippen LogP contribution in [0, 0.1) is 0 Å². The second-order valence-corrected chi connectivity index (χ2v) is 12.4. The Morgan fingerprint density at radius 1 is 0.955 bits per heavy atom. The Labute approximate surface area is 143 Å². The molecule has 0 amide bonds. The first-order valence-corrected chi connectivity index (χ1v) is 11.1. The molecule has 0 saturated heterocycles. The lowest BCUT2D eigenvalue weighted by Gasteiger charge is -2.26. The Morgan fingerprint density at radius 2 is 1.27 bits per heavy atom. The number of benzene rings is 1. The lowest BCUT2D eigenvalue weighted by atomic mass is 10.4. The summed E-state index contributed by atoms with van der Waals surface area (Å²) >= 11 is 1.77. The van der Waals surface area contributed by atoms with Crippen molar-refractivity contribution in [3.8, 4) is 0 Å². The molecule has 1 N–H and O–H groups in total. The molecule has 0 fully saturated rings. The lowest BCUT2D eigenvalue weighted by molar-refractivity contribution is -0.134. The first-order valence-electron chi connectivity index (χ1n) is 7.91. The zero-order chi connectivity index (χ0) is 17.7. The third-order valence-electron chi connectivity index (χ3n) is 3.29. The number of thioether (sulfide) groups is 1. The van der Waals surface area contributed by atoms with E-state index in [4.69, 9.17) is 9.90 Å². The highest BCUT2D eigenvalue weighted by Crippen LogP contribution is 2.29. The Morgan fingerprint density at radius 3 is 1.41 bits per heavy atom. The van der Waals surface area contributed by atoms with Crippen LogP contribution in [-0.2, 0) is 4.79 Å². The van der Waals surface area contributed by atoms with Gasteiger partial charge in [0.2, 0.25) is 0 Å². The van der Waals surface area contributed by atoms with E-state index in [1.807, 2.05) is 18.2 Å². The maximum atomic E-state index is 9.00. The summed E-state index contributed by atoms with van der Waals surface area (Å²) in [4.78, 5) is 10.3. The van der Waals surface area contributed by atoms with E-state index in [2.05, 4.69) is 59.9 Å². The summed E-state index contributed by atoms with van der Waals surface area (Å²) in [5.74, 6) is -0.833. The fourth-order valence-corrected chi connectivity index (χ4v) is 7.91. The minimum Gasteiger partial charge on any atom is -0.481 e. The number of hydrogen-bond donors (Lipinski definition) is 1. The number of aliphatic carboxylic acids is 1. The van der Waals surface area contributed by atoms with Gasteiger partial charge in [-0.3, -0.25) is 4.79 Å². The summed E-state index contributed by atoms with van der Waals surface area (Å²) in [7, 11) is -0.454. The molecule has 0 heterocycles. The molecular weight excluding hydrogens is 308 g/mol. The van der Waals surface area contributed by atoms with Gasteiger partial charge in [0.05, 0.1) is 0 Å². The van der Waals surface area contributed by atoms with Gasteiger partial charge in [-0.1, -0.05) is 76.4 Å². The molecule has 0 aliphatic rings. The van der Waals surface area contributed by atoms with Crippen LogP contribution >= 0.6 is 11.8 Å². The van der Waals surface area contributed by atoms with Crippen molar-refractivity contribution >= 4 is 26.5 Å². The van der Waals surface area contributed by atoms with Crippen LogP contribution in [-0.4, -0.2) is 26.1 Å². The van der Waals surface area contributed by atoms with Crippen molar-refractivity contribution in [1.29, 1.82) is 0 Å². The Bertz CT molecular complexity index is 355. The minimum absolute atomic E-state index is 0.454. The van der Waals surface area contributed by atoms with Crippen LogP contribution < -0.4 is 0 Å². The molecule has 0 aliphatic heterocycles. The van der Waals surface area contributed by atoms with E-state index < -0.39 is 14.8 Å². The maximum absolute atomic E-state index is 9.00. The molecule has 0 radical (unpaired) electrons. The monoisotopic (exact) mass is 342 g/mol. The average molecular weight is 343 g/mol. The fraction of sp³-hybridized carbons (Fsp3) is 0.611. The second kappa shape index (κ2) is 13.9. The van der Waals surface area contributed by atoms with Crippen LogP contribution in [0.15, 0.2) is 35.2 Å². The first-order chi connectivity index (χ1) is 10.1. The van der Waals surface area contributed by atoms with Crippen molar-refractivity contribution < 1.29 is 9.90 Å². The molecule has 0 bridgehead atoms. The molecule has 0 spiro atoms. The smallest absolute Gasteiger partial charge is 0.300 e. The largest absolute Gasteiger partial charge is 0.481 e. The maximum Gasteiger partial charge on any atom is 0.300 e. The Hall–Kier alpha value is -0.743. The van der Waals surface area contributed by atoms with E-state index in [0.29, 0.717) is 0 Å². The van der Waals surface area contributed by atoms with Crippen LogP contribution in [0.25, 0.3) is 0 Å². The molecule has 1 aromatic rings. The van der Waals surface area contributed by atoms with Gasteiger partial charge in [0.1, 0.15) is 0 Å². The molecule has 2 nitrogen and oxygen atoms in total. The van der Waals surface area contributed by atoms with E-state index in [0.717, 1.165) is 23.5 Å². The van der Waals surface area contributed by atoms with Gasteiger partial charge >= 0.3 is 0 Å². The summed E-state index contributed by atoms with van der Waals surface area (Å²) in [5.41, 5.74) is 2.92. The molecule has 0 unspecified atom stereocenters.